The fourth-order valence-corrected chi connectivity index (χ4v) is 4.09. The predicted molar refractivity (Wildman–Crippen MR) is 97.2 cm³/mol. The van der Waals surface area contributed by atoms with Gasteiger partial charge in [-0.2, -0.15) is 0 Å². The first-order valence-corrected chi connectivity index (χ1v) is 8.84. The Balaban J connectivity index is 1.54. The molecule has 8 heteroatoms. The second kappa shape index (κ2) is 5.73. The molecule has 0 unspecified atom stereocenters. The van der Waals surface area contributed by atoms with Crippen molar-refractivity contribution in [2.75, 3.05) is 10.6 Å². The largest absolute Gasteiger partial charge is 0.326 e. The lowest BCUT2D eigenvalue weighted by atomic mass is 10.2. The highest BCUT2D eigenvalue weighted by Gasteiger charge is 2.15. The third-order valence-corrected chi connectivity index (χ3v) is 5.20. The zero-order chi connectivity index (χ0) is 16.7. The van der Waals surface area contributed by atoms with E-state index in [9.17, 15) is 9.59 Å². The minimum Gasteiger partial charge on any atom is -0.326 e. The molecule has 0 aliphatic carbocycles. The van der Waals surface area contributed by atoms with Gasteiger partial charge in [0.25, 0.3) is 5.91 Å². The summed E-state index contributed by atoms with van der Waals surface area (Å²) in [5.74, 6) is -0.303. The summed E-state index contributed by atoms with van der Waals surface area (Å²) in [6, 6.07) is 8.84. The van der Waals surface area contributed by atoms with Crippen molar-refractivity contribution in [3.05, 3.63) is 46.8 Å². The number of rotatable bonds is 3. The first-order valence-electron chi connectivity index (χ1n) is 7.14. The van der Waals surface area contributed by atoms with Gasteiger partial charge in [0.05, 0.1) is 10.4 Å². The maximum atomic E-state index is 12.4. The van der Waals surface area contributed by atoms with Gasteiger partial charge in [0.2, 0.25) is 5.91 Å². The summed E-state index contributed by atoms with van der Waals surface area (Å²) >= 11 is 2.94. The highest BCUT2D eigenvalue weighted by molar-refractivity contribution is 7.21. The molecule has 0 aliphatic rings. The molecule has 4 aromatic rings. The van der Waals surface area contributed by atoms with Gasteiger partial charge in [-0.3, -0.25) is 14.0 Å². The molecule has 2 amide bonds. The molecule has 2 N–H and O–H groups in total. The van der Waals surface area contributed by atoms with Crippen molar-refractivity contribution in [1.29, 1.82) is 0 Å². The fourth-order valence-electron chi connectivity index (χ4n) is 2.39. The van der Waals surface area contributed by atoms with Crippen molar-refractivity contribution >= 4 is 61.2 Å². The normalized spacial score (nSPS) is 11.0. The number of imidazole rings is 1. The highest BCUT2D eigenvalue weighted by Crippen LogP contribution is 2.28. The first kappa shape index (κ1) is 14.9. The predicted octanol–water partition coefficient (Wildman–Crippen LogP) is 3.82. The molecule has 0 fully saturated rings. The molecule has 1 aromatic carbocycles. The molecule has 120 valence electrons. The monoisotopic (exact) mass is 356 g/mol. The van der Waals surface area contributed by atoms with Gasteiger partial charge in [-0.25, -0.2) is 4.98 Å². The number of carbonyl (C=O) groups excluding carboxylic acids is 2. The Bertz CT molecular complexity index is 1060. The summed E-state index contributed by atoms with van der Waals surface area (Å²) in [6.07, 6.45) is 1.95. The van der Waals surface area contributed by atoms with Crippen molar-refractivity contribution in [2.45, 2.75) is 6.92 Å². The van der Waals surface area contributed by atoms with Gasteiger partial charge < -0.3 is 10.6 Å². The first-order chi connectivity index (χ1) is 11.6. The standard InChI is InChI=1S/C16H12N4O2S2/c1-9(21)17-10-2-4-11(5-3-10)18-14(22)13-8-12-15(24-13)19-16-20(12)6-7-23-16/h2-8H,1H3,(H,17,21)(H,18,22). The lowest BCUT2D eigenvalue weighted by molar-refractivity contribution is -0.114. The Morgan fingerprint density at radius 2 is 1.83 bits per heavy atom. The number of carbonyl (C=O) groups is 2. The van der Waals surface area contributed by atoms with Crippen LogP contribution in [0.3, 0.4) is 0 Å². The van der Waals surface area contributed by atoms with E-state index < -0.39 is 0 Å². The lowest BCUT2D eigenvalue weighted by Crippen LogP contribution is -2.10. The number of fused-ring (bicyclic) bond motifs is 3. The molecular formula is C16H12N4O2S2. The summed E-state index contributed by atoms with van der Waals surface area (Å²) in [6.45, 7) is 1.45. The second-order valence-electron chi connectivity index (χ2n) is 5.18. The Labute approximate surface area is 144 Å². The smallest absolute Gasteiger partial charge is 0.265 e. The molecule has 0 aliphatic heterocycles. The van der Waals surface area contributed by atoms with Crippen LogP contribution in [0.2, 0.25) is 0 Å². The van der Waals surface area contributed by atoms with Gasteiger partial charge in [0.1, 0.15) is 4.83 Å². The van der Waals surface area contributed by atoms with Gasteiger partial charge in [0, 0.05) is 29.9 Å². The number of hydrogen-bond donors (Lipinski definition) is 2. The molecule has 24 heavy (non-hydrogen) atoms. The zero-order valence-corrected chi connectivity index (χ0v) is 14.2. The molecule has 0 atom stereocenters. The van der Waals surface area contributed by atoms with Gasteiger partial charge in [-0.1, -0.05) is 0 Å². The number of thiazole rings is 1. The molecular weight excluding hydrogens is 344 g/mol. The number of anilines is 2. The molecule has 0 radical (unpaired) electrons. The van der Waals surface area contributed by atoms with Crippen LogP contribution in [0.1, 0.15) is 16.6 Å². The molecule has 4 rings (SSSR count). The van der Waals surface area contributed by atoms with Gasteiger partial charge in [0.15, 0.2) is 4.96 Å². The van der Waals surface area contributed by atoms with Crippen LogP contribution in [0, 0.1) is 0 Å². The van der Waals surface area contributed by atoms with Crippen LogP contribution in [-0.4, -0.2) is 21.2 Å². The van der Waals surface area contributed by atoms with Crippen LogP contribution in [-0.2, 0) is 4.79 Å². The molecule has 3 aromatic heterocycles. The maximum Gasteiger partial charge on any atom is 0.265 e. The van der Waals surface area contributed by atoms with E-state index in [0.29, 0.717) is 16.3 Å². The molecule has 0 bridgehead atoms. The number of benzene rings is 1. The van der Waals surface area contributed by atoms with Crippen LogP contribution >= 0.6 is 22.7 Å². The van der Waals surface area contributed by atoms with Crippen molar-refractivity contribution in [3.63, 3.8) is 0 Å². The number of nitrogens with one attached hydrogen (secondary N) is 2. The third-order valence-electron chi connectivity index (χ3n) is 3.43. The van der Waals surface area contributed by atoms with Crippen molar-refractivity contribution in [2.24, 2.45) is 0 Å². The summed E-state index contributed by atoms with van der Waals surface area (Å²) in [7, 11) is 0. The Kier molecular flexibility index (Phi) is 3.55. The summed E-state index contributed by atoms with van der Waals surface area (Å²) in [4.78, 5) is 30.3. The molecule has 6 nitrogen and oxygen atoms in total. The minimum atomic E-state index is -0.172. The minimum absolute atomic E-state index is 0.131. The van der Waals surface area contributed by atoms with E-state index in [1.54, 1.807) is 35.6 Å². The number of aromatic nitrogens is 2. The van der Waals surface area contributed by atoms with E-state index in [1.807, 2.05) is 22.0 Å². The van der Waals surface area contributed by atoms with Gasteiger partial charge in [-0.15, -0.1) is 22.7 Å². The van der Waals surface area contributed by atoms with E-state index in [4.69, 9.17) is 0 Å². The van der Waals surface area contributed by atoms with Crippen LogP contribution in [0.15, 0.2) is 41.9 Å². The van der Waals surface area contributed by atoms with Crippen LogP contribution in [0.4, 0.5) is 11.4 Å². The fraction of sp³-hybridized carbons (Fsp3) is 0.0625. The Morgan fingerprint density at radius 3 is 2.54 bits per heavy atom. The van der Waals surface area contributed by atoms with Crippen LogP contribution in [0.25, 0.3) is 15.3 Å². The SMILES string of the molecule is CC(=O)Nc1ccc(NC(=O)c2cc3c(nc4sccn43)s2)cc1. The second-order valence-corrected chi connectivity index (χ2v) is 7.08. The maximum absolute atomic E-state index is 12.4. The average molecular weight is 356 g/mol. The topological polar surface area (TPSA) is 75.5 Å². The van der Waals surface area contributed by atoms with E-state index >= 15 is 0 Å². The Morgan fingerprint density at radius 1 is 1.12 bits per heavy atom. The quantitative estimate of drug-likeness (QED) is 0.586. The van der Waals surface area contributed by atoms with E-state index in [-0.39, 0.29) is 11.8 Å². The van der Waals surface area contributed by atoms with E-state index in [2.05, 4.69) is 15.6 Å². The highest BCUT2D eigenvalue weighted by atomic mass is 32.1. The van der Waals surface area contributed by atoms with Crippen LogP contribution in [0.5, 0.6) is 0 Å². The van der Waals surface area contributed by atoms with Crippen LogP contribution < -0.4 is 10.6 Å². The molecule has 0 saturated heterocycles. The number of nitrogens with zero attached hydrogens (tertiary/aromatic N) is 2. The van der Waals surface area contributed by atoms with Gasteiger partial charge >= 0.3 is 0 Å². The Hall–Kier alpha value is -2.71. The number of hydrogen-bond acceptors (Lipinski definition) is 5. The summed E-state index contributed by atoms with van der Waals surface area (Å²) in [5.41, 5.74) is 2.31. The number of amides is 2. The van der Waals surface area contributed by atoms with Crippen molar-refractivity contribution in [1.82, 2.24) is 9.38 Å². The lowest BCUT2D eigenvalue weighted by Gasteiger charge is -2.05. The summed E-state index contributed by atoms with van der Waals surface area (Å²) in [5, 5.41) is 7.51. The van der Waals surface area contributed by atoms with E-state index in [1.165, 1.54) is 18.3 Å². The number of thiophene rings is 1. The summed E-state index contributed by atoms with van der Waals surface area (Å²) < 4.78 is 1.98. The molecule has 3 heterocycles. The molecule has 0 spiro atoms. The molecule has 0 saturated carbocycles. The van der Waals surface area contributed by atoms with E-state index in [0.717, 1.165) is 15.3 Å². The zero-order valence-electron chi connectivity index (χ0n) is 12.6. The van der Waals surface area contributed by atoms with Gasteiger partial charge in [-0.05, 0) is 30.3 Å². The third kappa shape index (κ3) is 2.66. The van der Waals surface area contributed by atoms with Crippen molar-refractivity contribution in [3.8, 4) is 0 Å². The average Bonchev–Trinajstić information content (AvgIpc) is 3.20. The van der Waals surface area contributed by atoms with Crippen molar-refractivity contribution < 1.29 is 9.59 Å².